The summed E-state index contributed by atoms with van der Waals surface area (Å²) in [5.41, 5.74) is 1.06. The molecule has 0 amide bonds. The molecule has 0 bridgehead atoms. The summed E-state index contributed by atoms with van der Waals surface area (Å²) in [4.78, 5) is 14.4. The van der Waals surface area contributed by atoms with Crippen LogP contribution in [0.25, 0.3) is 0 Å². The maximum Gasteiger partial charge on any atom is 0.494 e. The maximum absolute atomic E-state index is 12.2. The number of morpholine rings is 1. The Balaban J connectivity index is 1.51. The molecule has 0 aliphatic carbocycles. The lowest BCUT2D eigenvalue weighted by Crippen LogP contribution is -2.41. The summed E-state index contributed by atoms with van der Waals surface area (Å²) in [5.74, 6) is -0.214. The van der Waals surface area contributed by atoms with Gasteiger partial charge in [0.15, 0.2) is 0 Å². The highest BCUT2D eigenvalue weighted by molar-refractivity contribution is 6.62. The smallest absolute Gasteiger partial charge is 0.464 e. The number of carbonyl (C=O) groups excluding carboxylic acids is 1. The molecule has 6 nitrogen and oxygen atoms in total. The van der Waals surface area contributed by atoms with Gasteiger partial charge in [-0.05, 0) is 38.7 Å². The zero-order valence-corrected chi connectivity index (χ0v) is 16.8. The summed E-state index contributed by atoms with van der Waals surface area (Å²) in [6.45, 7) is 12.6. The fourth-order valence-electron chi connectivity index (χ4n) is 3.16. The lowest BCUT2D eigenvalue weighted by atomic mass is 9.78. The molecule has 1 aromatic rings. The Kier molecular flexibility index (Phi) is 6.26. The molecular formula is C20H30BNO5. The van der Waals surface area contributed by atoms with E-state index < -0.39 is 7.12 Å². The first-order chi connectivity index (χ1) is 12.8. The van der Waals surface area contributed by atoms with E-state index in [0.717, 1.165) is 43.9 Å². The van der Waals surface area contributed by atoms with E-state index in [1.165, 1.54) is 0 Å². The second kappa shape index (κ2) is 8.31. The van der Waals surface area contributed by atoms with Gasteiger partial charge < -0.3 is 18.8 Å². The summed E-state index contributed by atoms with van der Waals surface area (Å²) in [6, 6.07) is 7.79. The van der Waals surface area contributed by atoms with Crippen molar-refractivity contribution in [2.24, 2.45) is 0 Å². The third kappa shape index (κ3) is 5.10. The summed E-state index contributed by atoms with van der Waals surface area (Å²) in [6.07, 6.45) is 0.246. The van der Waals surface area contributed by atoms with Crippen LogP contribution in [-0.2, 0) is 30.0 Å². The SMILES string of the molecule is CC1(C)OB(c2cccc(CC(=O)OCCN3CCOCC3)c2)OC1(C)C. The first kappa shape index (κ1) is 20.3. The molecule has 0 spiro atoms. The van der Waals surface area contributed by atoms with E-state index in [2.05, 4.69) is 4.90 Å². The molecule has 148 valence electrons. The van der Waals surface area contributed by atoms with Crippen molar-refractivity contribution < 1.29 is 23.6 Å². The van der Waals surface area contributed by atoms with Crippen molar-refractivity contribution in [2.75, 3.05) is 39.5 Å². The molecule has 2 fully saturated rings. The molecule has 2 heterocycles. The number of hydrogen-bond donors (Lipinski definition) is 0. The molecule has 3 rings (SSSR count). The van der Waals surface area contributed by atoms with E-state index in [1.807, 2.05) is 52.0 Å². The van der Waals surface area contributed by atoms with Crippen LogP contribution in [0.15, 0.2) is 24.3 Å². The number of carbonyl (C=O) groups is 1. The van der Waals surface area contributed by atoms with Crippen LogP contribution < -0.4 is 5.46 Å². The highest BCUT2D eigenvalue weighted by atomic mass is 16.7. The fraction of sp³-hybridized carbons (Fsp3) is 0.650. The number of rotatable bonds is 6. The molecule has 27 heavy (non-hydrogen) atoms. The third-order valence-electron chi connectivity index (χ3n) is 5.60. The van der Waals surface area contributed by atoms with E-state index in [4.69, 9.17) is 18.8 Å². The van der Waals surface area contributed by atoms with Crippen LogP contribution in [0.4, 0.5) is 0 Å². The molecule has 2 aliphatic rings. The van der Waals surface area contributed by atoms with Gasteiger partial charge in [0.1, 0.15) is 6.61 Å². The van der Waals surface area contributed by atoms with Crippen molar-refractivity contribution in [3.63, 3.8) is 0 Å². The van der Waals surface area contributed by atoms with E-state index in [1.54, 1.807) is 0 Å². The standard InChI is InChI=1S/C20H30BNO5/c1-19(2)20(3,4)27-21(26-19)17-7-5-6-16(14-17)15-18(23)25-13-10-22-8-11-24-12-9-22/h5-7,14H,8-13,15H2,1-4H3. The molecule has 1 aromatic carbocycles. The van der Waals surface area contributed by atoms with Crippen molar-refractivity contribution in [3.05, 3.63) is 29.8 Å². The third-order valence-corrected chi connectivity index (χ3v) is 5.60. The van der Waals surface area contributed by atoms with E-state index in [-0.39, 0.29) is 23.6 Å². The van der Waals surface area contributed by atoms with Gasteiger partial charge in [0.2, 0.25) is 0 Å². The average Bonchev–Trinajstić information content (AvgIpc) is 2.84. The lowest BCUT2D eigenvalue weighted by Gasteiger charge is -2.32. The van der Waals surface area contributed by atoms with Crippen LogP contribution in [-0.4, -0.2) is 68.6 Å². The van der Waals surface area contributed by atoms with E-state index in [9.17, 15) is 4.79 Å². The predicted molar refractivity (Wildman–Crippen MR) is 104 cm³/mol. The molecule has 0 atom stereocenters. The predicted octanol–water partition coefficient (Wildman–Crippen LogP) is 1.40. The zero-order chi connectivity index (χ0) is 19.5. The molecule has 0 radical (unpaired) electrons. The first-order valence-corrected chi connectivity index (χ1v) is 9.67. The van der Waals surface area contributed by atoms with Crippen LogP contribution in [0, 0.1) is 0 Å². The van der Waals surface area contributed by atoms with Gasteiger partial charge in [-0.15, -0.1) is 0 Å². The number of benzene rings is 1. The van der Waals surface area contributed by atoms with Crippen molar-refractivity contribution in [2.45, 2.75) is 45.3 Å². The first-order valence-electron chi connectivity index (χ1n) is 9.67. The molecule has 0 saturated carbocycles. The van der Waals surface area contributed by atoms with Crippen molar-refractivity contribution in [1.29, 1.82) is 0 Å². The van der Waals surface area contributed by atoms with E-state index in [0.29, 0.717) is 6.61 Å². The molecule has 2 aliphatic heterocycles. The average molecular weight is 375 g/mol. The molecular weight excluding hydrogens is 345 g/mol. The lowest BCUT2D eigenvalue weighted by molar-refractivity contribution is -0.143. The second-order valence-electron chi connectivity index (χ2n) is 8.18. The molecule has 0 unspecified atom stereocenters. The topological polar surface area (TPSA) is 57.2 Å². The summed E-state index contributed by atoms with van der Waals surface area (Å²) in [7, 11) is -0.424. The fourth-order valence-corrected chi connectivity index (χ4v) is 3.16. The van der Waals surface area contributed by atoms with Crippen LogP contribution in [0.2, 0.25) is 0 Å². The van der Waals surface area contributed by atoms with E-state index >= 15 is 0 Å². The minimum Gasteiger partial charge on any atom is -0.464 e. The van der Waals surface area contributed by atoms with Crippen LogP contribution in [0.3, 0.4) is 0 Å². The Hall–Kier alpha value is -1.41. The van der Waals surface area contributed by atoms with Gasteiger partial charge in [-0.1, -0.05) is 24.3 Å². The van der Waals surface area contributed by atoms with Gasteiger partial charge in [0.05, 0.1) is 30.8 Å². The molecule has 0 N–H and O–H groups in total. The monoisotopic (exact) mass is 375 g/mol. The summed E-state index contributed by atoms with van der Waals surface area (Å²) >= 11 is 0. The highest BCUT2D eigenvalue weighted by Crippen LogP contribution is 2.36. The zero-order valence-electron chi connectivity index (χ0n) is 16.8. The maximum atomic E-state index is 12.2. The number of esters is 1. The van der Waals surface area contributed by atoms with Gasteiger partial charge in [0, 0.05) is 19.6 Å². The molecule has 7 heteroatoms. The van der Waals surface area contributed by atoms with Crippen molar-refractivity contribution in [1.82, 2.24) is 4.90 Å². The van der Waals surface area contributed by atoms with Gasteiger partial charge in [0.25, 0.3) is 0 Å². The van der Waals surface area contributed by atoms with Gasteiger partial charge >= 0.3 is 13.1 Å². The second-order valence-corrected chi connectivity index (χ2v) is 8.18. The normalized spacial score (nSPS) is 22.0. The Labute approximate surface area is 162 Å². The Bertz CT molecular complexity index is 642. The highest BCUT2D eigenvalue weighted by Gasteiger charge is 2.51. The Morgan fingerprint density at radius 2 is 1.81 bits per heavy atom. The van der Waals surface area contributed by atoms with Gasteiger partial charge in [-0.3, -0.25) is 9.69 Å². The van der Waals surface area contributed by atoms with Crippen molar-refractivity contribution >= 4 is 18.6 Å². The molecule has 2 saturated heterocycles. The number of nitrogens with zero attached hydrogens (tertiary/aromatic N) is 1. The van der Waals surface area contributed by atoms with Gasteiger partial charge in [-0.2, -0.15) is 0 Å². The number of hydrogen-bond acceptors (Lipinski definition) is 6. The van der Waals surface area contributed by atoms with Crippen LogP contribution in [0.1, 0.15) is 33.3 Å². The molecule has 0 aromatic heterocycles. The minimum absolute atomic E-state index is 0.214. The van der Waals surface area contributed by atoms with Crippen LogP contribution >= 0.6 is 0 Å². The Morgan fingerprint density at radius 3 is 2.48 bits per heavy atom. The number of ether oxygens (including phenoxy) is 2. The summed E-state index contributed by atoms with van der Waals surface area (Å²) < 4.78 is 22.9. The Morgan fingerprint density at radius 1 is 1.15 bits per heavy atom. The van der Waals surface area contributed by atoms with Crippen molar-refractivity contribution in [3.8, 4) is 0 Å². The van der Waals surface area contributed by atoms with Crippen LogP contribution in [0.5, 0.6) is 0 Å². The largest absolute Gasteiger partial charge is 0.494 e. The van der Waals surface area contributed by atoms with Gasteiger partial charge in [-0.25, -0.2) is 0 Å². The quantitative estimate of drug-likeness (QED) is 0.554. The minimum atomic E-state index is -0.424. The summed E-state index contributed by atoms with van der Waals surface area (Å²) in [5, 5.41) is 0.